The largest absolute Gasteiger partial charge is 0.350 e. The fourth-order valence-corrected chi connectivity index (χ4v) is 2.31. The predicted octanol–water partition coefficient (Wildman–Crippen LogP) is 1.86. The Morgan fingerprint density at radius 2 is 1.62 bits per heavy atom. The zero-order valence-corrected chi connectivity index (χ0v) is 12.7. The Morgan fingerprint density at radius 1 is 0.958 bits per heavy atom. The van der Waals surface area contributed by atoms with E-state index >= 15 is 0 Å². The third-order valence-electron chi connectivity index (χ3n) is 3.50. The van der Waals surface area contributed by atoms with Gasteiger partial charge in [0.15, 0.2) is 5.69 Å². The highest BCUT2D eigenvalue weighted by atomic mass is 19.1. The molecule has 0 aliphatic carbocycles. The molecule has 0 radical (unpaired) electrons. The van der Waals surface area contributed by atoms with Crippen LogP contribution >= 0.6 is 0 Å². The second kappa shape index (κ2) is 6.91. The summed E-state index contributed by atoms with van der Waals surface area (Å²) < 4.78 is 13.5. The van der Waals surface area contributed by atoms with Crippen LogP contribution in [0.4, 0.5) is 4.39 Å². The first kappa shape index (κ1) is 15.7. The Hall–Kier alpha value is -3.22. The van der Waals surface area contributed by atoms with E-state index in [1.54, 1.807) is 12.1 Å². The number of hydrogen-bond donors (Lipinski definition) is 3. The number of nitrogens with zero attached hydrogens (tertiary/aromatic N) is 1. The van der Waals surface area contributed by atoms with Crippen LogP contribution in [0.15, 0.2) is 48.5 Å². The minimum absolute atomic E-state index is 0.0258. The lowest BCUT2D eigenvalue weighted by molar-refractivity contribution is 0.0923. The zero-order valence-electron chi connectivity index (χ0n) is 12.7. The molecule has 1 aromatic heterocycles. The first-order chi connectivity index (χ1) is 11.7. The summed E-state index contributed by atoms with van der Waals surface area (Å²) in [6.45, 7) is 0.390. The molecule has 0 saturated carbocycles. The van der Waals surface area contributed by atoms with Gasteiger partial charge >= 0.3 is 0 Å². The average molecular weight is 326 g/mol. The van der Waals surface area contributed by atoms with E-state index < -0.39 is 11.7 Å². The van der Waals surface area contributed by atoms with Gasteiger partial charge in [0.2, 0.25) is 0 Å². The van der Waals surface area contributed by atoms with Crippen LogP contribution in [-0.4, -0.2) is 35.1 Å². The van der Waals surface area contributed by atoms with Crippen molar-refractivity contribution >= 4 is 22.7 Å². The van der Waals surface area contributed by atoms with E-state index in [0.717, 1.165) is 10.9 Å². The van der Waals surface area contributed by atoms with Crippen molar-refractivity contribution in [3.05, 3.63) is 65.6 Å². The van der Waals surface area contributed by atoms with Crippen LogP contribution in [0.1, 0.15) is 20.8 Å². The number of hydrogen-bond acceptors (Lipinski definition) is 3. The van der Waals surface area contributed by atoms with Gasteiger partial charge in [0.1, 0.15) is 5.82 Å². The molecule has 3 N–H and O–H groups in total. The SMILES string of the molecule is O=C(NCCNC(=O)c1n[nH]c2ccccc12)c1ccccc1F. The molecule has 1 heterocycles. The number of rotatable bonds is 5. The van der Waals surface area contributed by atoms with Crippen LogP contribution in [0.25, 0.3) is 10.9 Å². The van der Waals surface area contributed by atoms with Crippen LogP contribution in [0.3, 0.4) is 0 Å². The van der Waals surface area contributed by atoms with E-state index in [-0.39, 0.29) is 24.6 Å². The maximum atomic E-state index is 13.5. The second-order valence-corrected chi connectivity index (χ2v) is 5.11. The van der Waals surface area contributed by atoms with Gasteiger partial charge < -0.3 is 10.6 Å². The number of aromatic nitrogens is 2. The lowest BCUT2D eigenvalue weighted by Crippen LogP contribution is -2.35. The molecule has 24 heavy (non-hydrogen) atoms. The summed E-state index contributed by atoms with van der Waals surface area (Å²) in [5.41, 5.74) is 1.05. The number of benzene rings is 2. The lowest BCUT2D eigenvalue weighted by atomic mass is 10.2. The van der Waals surface area contributed by atoms with E-state index in [0.29, 0.717) is 5.69 Å². The summed E-state index contributed by atoms with van der Waals surface area (Å²) in [6, 6.07) is 13.0. The first-order valence-electron chi connectivity index (χ1n) is 7.41. The molecule has 3 rings (SSSR count). The molecule has 3 aromatic rings. The Bertz CT molecular complexity index is 891. The van der Waals surface area contributed by atoms with Gasteiger partial charge in [-0.25, -0.2) is 4.39 Å². The van der Waals surface area contributed by atoms with Gasteiger partial charge in [-0.2, -0.15) is 5.10 Å². The highest BCUT2D eigenvalue weighted by molar-refractivity contribution is 6.04. The van der Waals surface area contributed by atoms with Gasteiger partial charge in [-0.3, -0.25) is 14.7 Å². The number of aromatic amines is 1. The first-order valence-corrected chi connectivity index (χ1v) is 7.41. The van der Waals surface area contributed by atoms with Crippen LogP contribution in [0.5, 0.6) is 0 Å². The van der Waals surface area contributed by atoms with E-state index in [2.05, 4.69) is 20.8 Å². The maximum absolute atomic E-state index is 13.5. The summed E-state index contributed by atoms with van der Waals surface area (Å²) in [5.74, 6) is -1.44. The molecule has 2 amide bonds. The topological polar surface area (TPSA) is 86.9 Å². The predicted molar refractivity (Wildman–Crippen MR) is 87.2 cm³/mol. The van der Waals surface area contributed by atoms with Gasteiger partial charge in [0.05, 0.1) is 11.1 Å². The third-order valence-corrected chi connectivity index (χ3v) is 3.50. The van der Waals surface area contributed by atoms with Crippen molar-refractivity contribution in [1.29, 1.82) is 0 Å². The monoisotopic (exact) mass is 326 g/mol. The normalized spacial score (nSPS) is 10.5. The minimum Gasteiger partial charge on any atom is -0.350 e. The number of H-pyrrole nitrogens is 1. The average Bonchev–Trinajstić information content (AvgIpc) is 3.03. The summed E-state index contributed by atoms with van der Waals surface area (Å²) in [7, 11) is 0. The fourth-order valence-electron chi connectivity index (χ4n) is 2.31. The van der Waals surface area contributed by atoms with E-state index in [4.69, 9.17) is 0 Å². The summed E-state index contributed by atoms with van der Waals surface area (Å²) >= 11 is 0. The van der Waals surface area contributed by atoms with E-state index in [1.807, 2.05) is 18.2 Å². The second-order valence-electron chi connectivity index (χ2n) is 5.11. The van der Waals surface area contributed by atoms with Gasteiger partial charge in [0.25, 0.3) is 11.8 Å². The molecule has 2 aromatic carbocycles. The number of carbonyl (C=O) groups is 2. The van der Waals surface area contributed by atoms with Crippen LogP contribution in [-0.2, 0) is 0 Å². The number of fused-ring (bicyclic) bond motifs is 1. The summed E-state index contributed by atoms with van der Waals surface area (Å²) in [6.07, 6.45) is 0. The van der Waals surface area contributed by atoms with Crippen LogP contribution in [0, 0.1) is 5.82 Å². The molecule has 0 aliphatic heterocycles. The molecule has 0 fully saturated rings. The molecular weight excluding hydrogens is 311 g/mol. The van der Waals surface area contributed by atoms with Crippen molar-refractivity contribution in [2.45, 2.75) is 0 Å². The quantitative estimate of drug-likeness (QED) is 0.626. The molecule has 0 saturated heterocycles. The fraction of sp³-hybridized carbons (Fsp3) is 0.118. The van der Waals surface area contributed by atoms with Crippen molar-refractivity contribution < 1.29 is 14.0 Å². The van der Waals surface area contributed by atoms with E-state index in [9.17, 15) is 14.0 Å². The van der Waals surface area contributed by atoms with Gasteiger partial charge in [-0.15, -0.1) is 0 Å². The number of nitrogens with one attached hydrogen (secondary N) is 3. The van der Waals surface area contributed by atoms with Crippen molar-refractivity contribution in [2.75, 3.05) is 13.1 Å². The van der Waals surface area contributed by atoms with Crippen LogP contribution in [0.2, 0.25) is 0 Å². The lowest BCUT2D eigenvalue weighted by Gasteiger charge is -2.07. The molecule has 122 valence electrons. The molecule has 0 aliphatic rings. The Labute approximate surface area is 137 Å². The number of para-hydroxylation sites is 1. The molecule has 0 atom stereocenters. The molecule has 0 unspecified atom stereocenters. The van der Waals surface area contributed by atoms with Crippen molar-refractivity contribution in [3.8, 4) is 0 Å². The van der Waals surface area contributed by atoms with Crippen molar-refractivity contribution in [1.82, 2.24) is 20.8 Å². The Balaban J connectivity index is 1.52. The van der Waals surface area contributed by atoms with Crippen molar-refractivity contribution in [2.24, 2.45) is 0 Å². The highest BCUT2D eigenvalue weighted by Crippen LogP contribution is 2.14. The standard InChI is InChI=1S/C17H15FN4O2/c18-13-7-3-1-5-11(13)16(23)19-9-10-20-17(24)15-12-6-2-4-8-14(12)21-22-15/h1-8H,9-10H2,(H,19,23)(H,20,24)(H,21,22). The maximum Gasteiger partial charge on any atom is 0.272 e. The minimum atomic E-state index is -0.581. The zero-order chi connectivity index (χ0) is 16.9. The Kier molecular flexibility index (Phi) is 4.51. The number of carbonyl (C=O) groups excluding carboxylic acids is 2. The summed E-state index contributed by atoms with van der Waals surface area (Å²) in [4.78, 5) is 24.0. The number of amides is 2. The highest BCUT2D eigenvalue weighted by Gasteiger charge is 2.14. The molecule has 7 heteroatoms. The number of halogens is 1. The molecule has 0 bridgehead atoms. The van der Waals surface area contributed by atoms with Gasteiger partial charge in [-0.1, -0.05) is 30.3 Å². The van der Waals surface area contributed by atoms with Gasteiger partial charge in [-0.05, 0) is 18.2 Å². The summed E-state index contributed by atoms with van der Waals surface area (Å²) in [5, 5.41) is 12.7. The Morgan fingerprint density at radius 3 is 2.42 bits per heavy atom. The third kappa shape index (κ3) is 3.24. The molecule has 0 spiro atoms. The van der Waals surface area contributed by atoms with E-state index in [1.165, 1.54) is 18.2 Å². The van der Waals surface area contributed by atoms with Crippen molar-refractivity contribution in [3.63, 3.8) is 0 Å². The van der Waals surface area contributed by atoms with Gasteiger partial charge in [0, 0.05) is 18.5 Å². The molecular formula is C17H15FN4O2. The smallest absolute Gasteiger partial charge is 0.272 e. The van der Waals surface area contributed by atoms with Crippen LogP contribution < -0.4 is 10.6 Å². The molecule has 6 nitrogen and oxygen atoms in total.